The van der Waals surface area contributed by atoms with Crippen LogP contribution >= 0.6 is 22.7 Å². The van der Waals surface area contributed by atoms with Gasteiger partial charge in [-0.1, -0.05) is 48.5 Å². The minimum absolute atomic E-state index is 0.148. The van der Waals surface area contributed by atoms with Gasteiger partial charge in [-0.05, 0) is 47.2 Å². The second kappa shape index (κ2) is 7.89. The molecule has 0 bridgehead atoms. The molecule has 2 N–H and O–H groups in total. The number of anilines is 2. The van der Waals surface area contributed by atoms with E-state index in [-0.39, 0.29) is 19.8 Å². The standard InChI is InChI=1S/C22H16N2O4S4/c25-31(26,21-13-15-7-1-5-11-19(15)29-21)23-17-9-3-4-10-18(17)24-32(27,28)22-14-16-8-2-6-12-20(16)30-22/h1-14,23-24H. The molecule has 0 atom stereocenters. The van der Waals surface area contributed by atoms with Crippen molar-refractivity contribution < 1.29 is 16.8 Å². The van der Waals surface area contributed by atoms with Crippen molar-refractivity contribution in [2.45, 2.75) is 8.42 Å². The molecule has 0 saturated heterocycles. The van der Waals surface area contributed by atoms with Crippen molar-refractivity contribution in [3.05, 3.63) is 84.9 Å². The highest BCUT2D eigenvalue weighted by Crippen LogP contribution is 2.34. The summed E-state index contributed by atoms with van der Waals surface area (Å²) in [4.78, 5) is 0. The van der Waals surface area contributed by atoms with Gasteiger partial charge >= 0.3 is 0 Å². The summed E-state index contributed by atoms with van der Waals surface area (Å²) >= 11 is 2.31. The lowest BCUT2D eigenvalue weighted by molar-refractivity contribution is 0.601. The second-order valence-electron chi connectivity index (χ2n) is 6.96. The van der Waals surface area contributed by atoms with E-state index in [0.717, 1.165) is 42.8 Å². The van der Waals surface area contributed by atoms with E-state index in [9.17, 15) is 16.8 Å². The minimum Gasteiger partial charge on any atom is -0.277 e. The maximum absolute atomic E-state index is 13.0. The van der Waals surface area contributed by atoms with Crippen LogP contribution < -0.4 is 9.44 Å². The fraction of sp³-hybridized carbons (Fsp3) is 0. The van der Waals surface area contributed by atoms with Gasteiger partial charge in [0.05, 0.1) is 11.4 Å². The van der Waals surface area contributed by atoms with Crippen molar-refractivity contribution in [2.24, 2.45) is 0 Å². The summed E-state index contributed by atoms with van der Waals surface area (Å²) in [5.74, 6) is 0. The Bertz CT molecular complexity index is 1480. The lowest BCUT2D eigenvalue weighted by Gasteiger charge is -2.13. The van der Waals surface area contributed by atoms with Crippen LogP contribution in [0.4, 0.5) is 11.4 Å². The van der Waals surface area contributed by atoms with E-state index in [1.54, 1.807) is 24.3 Å². The van der Waals surface area contributed by atoms with Crippen molar-refractivity contribution in [1.82, 2.24) is 0 Å². The Morgan fingerprint density at radius 1 is 0.531 bits per heavy atom. The summed E-state index contributed by atoms with van der Waals surface area (Å²) in [6.45, 7) is 0. The van der Waals surface area contributed by atoms with Crippen LogP contribution in [0.5, 0.6) is 0 Å². The van der Waals surface area contributed by atoms with Crippen molar-refractivity contribution in [2.75, 3.05) is 9.44 Å². The fourth-order valence-electron chi connectivity index (χ4n) is 3.23. The molecule has 6 nitrogen and oxygen atoms in total. The van der Waals surface area contributed by atoms with Gasteiger partial charge in [-0.2, -0.15) is 0 Å². The predicted octanol–water partition coefficient (Wildman–Crippen LogP) is 5.72. The number of sulfonamides is 2. The van der Waals surface area contributed by atoms with Gasteiger partial charge in [0.15, 0.2) is 0 Å². The first-order valence-corrected chi connectivity index (χ1v) is 14.0. The van der Waals surface area contributed by atoms with E-state index in [0.29, 0.717) is 0 Å². The van der Waals surface area contributed by atoms with Gasteiger partial charge in [0.2, 0.25) is 0 Å². The van der Waals surface area contributed by atoms with Gasteiger partial charge in [-0.3, -0.25) is 9.44 Å². The van der Waals surface area contributed by atoms with Crippen LogP contribution in [0.1, 0.15) is 0 Å². The molecule has 0 saturated carbocycles. The summed E-state index contributed by atoms with van der Waals surface area (Å²) < 4.78 is 59.1. The molecule has 0 spiro atoms. The Balaban J connectivity index is 1.47. The van der Waals surface area contributed by atoms with Gasteiger partial charge in [0.1, 0.15) is 8.42 Å². The predicted molar refractivity (Wildman–Crippen MR) is 132 cm³/mol. The maximum atomic E-state index is 13.0. The van der Waals surface area contributed by atoms with E-state index in [4.69, 9.17) is 0 Å². The van der Waals surface area contributed by atoms with Gasteiger partial charge in [-0.25, -0.2) is 16.8 Å². The Hall–Kier alpha value is -2.92. The smallest absolute Gasteiger partial charge is 0.271 e. The maximum Gasteiger partial charge on any atom is 0.271 e. The summed E-state index contributed by atoms with van der Waals surface area (Å²) in [7, 11) is -7.80. The van der Waals surface area contributed by atoms with Gasteiger partial charge in [0.25, 0.3) is 20.0 Å². The molecule has 162 valence electrons. The normalized spacial score (nSPS) is 12.2. The van der Waals surface area contributed by atoms with Gasteiger partial charge in [-0.15, -0.1) is 22.7 Å². The molecule has 2 heterocycles. The molecule has 3 aromatic carbocycles. The van der Waals surface area contributed by atoms with E-state index in [1.807, 2.05) is 48.5 Å². The molecule has 10 heteroatoms. The molecule has 0 unspecified atom stereocenters. The van der Waals surface area contributed by atoms with E-state index in [2.05, 4.69) is 9.44 Å². The Kier molecular flexibility index (Phi) is 5.17. The molecule has 5 aromatic rings. The van der Waals surface area contributed by atoms with Crippen LogP contribution in [0.15, 0.2) is 93.3 Å². The van der Waals surface area contributed by atoms with Crippen LogP contribution in [0.25, 0.3) is 20.2 Å². The Morgan fingerprint density at radius 2 is 0.906 bits per heavy atom. The van der Waals surface area contributed by atoms with Crippen molar-refractivity contribution >= 4 is 74.3 Å². The first-order chi connectivity index (χ1) is 15.3. The number of para-hydroxylation sites is 2. The first kappa shape index (κ1) is 21.0. The average Bonchev–Trinajstić information content (AvgIpc) is 3.40. The van der Waals surface area contributed by atoms with Crippen LogP contribution in [0.2, 0.25) is 0 Å². The highest BCUT2D eigenvalue weighted by atomic mass is 32.3. The number of hydrogen-bond acceptors (Lipinski definition) is 6. The van der Waals surface area contributed by atoms with Crippen LogP contribution in [-0.4, -0.2) is 16.8 Å². The third-order valence-electron chi connectivity index (χ3n) is 4.75. The monoisotopic (exact) mass is 500 g/mol. The molecule has 0 radical (unpaired) electrons. The molecule has 2 aromatic heterocycles. The number of fused-ring (bicyclic) bond motifs is 2. The fourth-order valence-corrected chi connectivity index (χ4v) is 8.19. The summed E-state index contributed by atoms with van der Waals surface area (Å²) in [5.41, 5.74) is 0.296. The number of thiophene rings is 2. The van der Waals surface area contributed by atoms with E-state index >= 15 is 0 Å². The minimum atomic E-state index is -3.90. The largest absolute Gasteiger partial charge is 0.277 e. The number of hydrogen-bond donors (Lipinski definition) is 2. The number of nitrogens with one attached hydrogen (secondary N) is 2. The van der Waals surface area contributed by atoms with E-state index < -0.39 is 20.0 Å². The summed E-state index contributed by atoms with van der Waals surface area (Å²) in [6.07, 6.45) is 0. The molecule has 0 aliphatic rings. The van der Waals surface area contributed by atoms with Crippen molar-refractivity contribution in [3.63, 3.8) is 0 Å². The average molecular weight is 501 g/mol. The van der Waals surface area contributed by atoms with Crippen LogP contribution in [0, 0.1) is 0 Å². The van der Waals surface area contributed by atoms with Crippen LogP contribution in [-0.2, 0) is 20.0 Å². The zero-order valence-electron chi connectivity index (χ0n) is 16.3. The third kappa shape index (κ3) is 3.97. The lowest BCUT2D eigenvalue weighted by Crippen LogP contribution is -2.16. The highest BCUT2D eigenvalue weighted by Gasteiger charge is 2.22. The van der Waals surface area contributed by atoms with Gasteiger partial charge < -0.3 is 0 Å². The lowest BCUT2D eigenvalue weighted by atomic mass is 10.3. The molecule has 5 rings (SSSR count). The Labute approximate surface area is 193 Å². The molecule has 32 heavy (non-hydrogen) atoms. The molecule has 0 aliphatic heterocycles. The first-order valence-electron chi connectivity index (χ1n) is 9.44. The van der Waals surface area contributed by atoms with Crippen LogP contribution in [0.3, 0.4) is 0 Å². The molecule has 0 aliphatic carbocycles. The Morgan fingerprint density at radius 3 is 1.31 bits per heavy atom. The van der Waals surface area contributed by atoms with Gasteiger partial charge in [0, 0.05) is 9.40 Å². The summed E-state index contributed by atoms with van der Waals surface area (Å²) in [6, 6.07) is 24.3. The summed E-state index contributed by atoms with van der Waals surface area (Å²) in [5, 5.41) is 1.66. The molecular formula is C22H16N2O4S4. The van der Waals surface area contributed by atoms with Crippen molar-refractivity contribution in [3.8, 4) is 0 Å². The van der Waals surface area contributed by atoms with Crippen molar-refractivity contribution in [1.29, 1.82) is 0 Å². The SMILES string of the molecule is O=S(=O)(Nc1ccccc1NS(=O)(=O)c1cc2ccccc2s1)c1cc2ccccc2s1. The highest BCUT2D eigenvalue weighted by molar-refractivity contribution is 7.95. The zero-order valence-corrected chi connectivity index (χ0v) is 19.6. The molecule has 0 fully saturated rings. The number of rotatable bonds is 6. The topological polar surface area (TPSA) is 92.3 Å². The quantitative estimate of drug-likeness (QED) is 0.312. The third-order valence-corrected chi connectivity index (χ3v) is 10.7. The molecular weight excluding hydrogens is 485 g/mol. The number of benzene rings is 3. The zero-order chi connectivity index (χ0) is 22.3. The molecule has 0 amide bonds. The second-order valence-corrected chi connectivity index (χ2v) is 12.9. The van der Waals surface area contributed by atoms with E-state index in [1.165, 1.54) is 12.1 Å².